The van der Waals surface area contributed by atoms with E-state index in [0.29, 0.717) is 11.4 Å². The molecule has 134 valence electrons. The molecule has 0 amide bonds. The summed E-state index contributed by atoms with van der Waals surface area (Å²) in [6.45, 7) is 0.507. The van der Waals surface area contributed by atoms with Crippen LogP contribution in [0.5, 0.6) is 0 Å². The van der Waals surface area contributed by atoms with E-state index in [4.69, 9.17) is 0 Å². The van der Waals surface area contributed by atoms with Crippen LogP contribution >= 0.6 is 11.3 Å². The summed E-state index contributed by atoms with van der Waals surface area (Å²) in [5, 5.41) is 2.09. The van der Waals surface area contributed by atoms with Gasteiger partial charge in [-0.1, -0.05) is 25.0 Å². The average Bonchev–Trinajstić information content (AvgIpc) is 3.32. The Morgan fingerprint density at radius 1 is 1.00 bits per heavy atom. The average molecular weight is 376 g/mol. The van der Waals surface area contributed by atoms with Crippen molar-refractivity contribution in [2.24, 2.45) is 0 Å². The van der Waals surface area contributed by atoms with Crippen molar-refractivity contribution in [3.8, 4) is 0 Å². The number of sulfonamides is 1. The highest BCUT2D eigenvalue weighted by Gasteiger charge is 2.37. The summed E-state index contributed by atoms with van der Waals surface area (Å²) < 4.78 is 28.7. The Morgan fingerprint density at radius 3 is 2.48 bits per heavy atom. The first kappa shape index (κ1) is 17.3. The van der Waals surface area contributed by atoms with Crippen molar-refractivity contribution in [1.29, 1.82) is 0 Å². The van der Waals surface area contributed by atoms with Gasteiger partial charge in [-0.05, 0) is 73.2 Å². The van der Waals surface area contributed by atoms with Gasteiger partial charge in [-0.15, -0.1) is 11.3 Å². The minimum Gasteiger partial charge on any atom is -0.210 e. The van der Waals surface area contributed by atoms with Crippen molar-refractivity contribution in [2.75, 3.05) is 6.54 Å². The second kappa shape index (κ2) is 6.86. The van der Waals surface area contributed by atoms with Gasteiger partial charge in [0.2, 0.25) is 10.0 Å². The standard InChI is InChI=1S/C20H25NO2S2/c22-25(23,18-10-9-16-6-1-2-7-17(16)14-18)21-15-20(11-3-4-12-20)19-8-5-13-24-19/h5,8-10,13-14,21H,1-4,6-7,11-12,15H2. The fraction of sp³-hybridized carbons (Fsp3) is 0.500. The first-order valence-corrected chi connectivity index (χ1v) is 11.6. The van der Waals surface area contributed by atoms with Crippen LogP contribution in [0.3, 0.4) is 0 Å². The summed E-state index contributed by atoms with van der Waals surface area (Å²) in [7, 11) is -3.46. The number of rotatable bonds is 5. The van der Waals surface area contributed by atoms with E-state index in [9.17, 15) is 8.42 Å². The van der Waals surface area contributed by atoms with Gasteiger partial charge in [0, 0.05) is 16.8 Å². The summed E-state index contributed by atoms with van der Waals surface area (Å²) in [4.78, 5) is 1.74. The summed E-state index contributed by atoms with van der Waals surface area (Å²) >= 11 is 1.75. The number of fused-ring (bicyclic) bond motifs is 1. The smallest absolute Gasteiger partial charge is 0.210 e. The molecule has 1 fully saturated rings. The molecule has 2 aromatic rings. The molecule has 2 aliphatic carbocycles. The van der Waals surface area contributed by atoms with E-state index < -0.39 is 10.0 Å². The van der Waals surface area contributed by atoms with Gasteiger partial charge in [0.25, 0.3) is 0 Å². The van der Waals surface area contributed by atoms with Crippen LogP contribution in [-0.2, 0) is 28.3 Å². The van der Waals surface area contributed by atoms with Crippen molar-refractivity contribution in [3.63, 3.8) is 0 Å². The minimum absolute atomic E-state index is 0.0184. The number of nitrogens with one attached hydrogen (secondary N) is 1. The molecular weight excluding hydrogens is 350 g/mol. The lowest BCUT2D eigenvalue weighted by molar-refractivity contribution is 0.440. The number of benzene rings is 1. The Labute approximate surface area is 154 Å². The van der Waals surface area contributed by atoms with Gasteiger partial charge >= 0.3 is 0 Å². The molecule has 0 radical (unpaired) electrons. The van der Waals surface area contributed by atoms with Gasteiger partial charge in [-0.2, -0.15) is 0 Å². The highest BCUT2D eigenvalue weighted by atomic mass is 32.2. The van der Waals surface area contributed by atoms with E-state index >= 15 is 0 Å². The van der Waals surface area contributed by atoms with Crippen molar-refractivity contribution < 1.29 is 8.42 Å². The molecular formula is C20H25NO2S2. The lowest BCUT2D eigenvalue weighted by Gasteiger charge is -2.28. The van der Waals surface area contributed by atoms with Crippen molar-refractivity contribution in [1.82, 2.24) is 4.72 Å². The second-order valence-corrected chi connectivity index (χ2v) is 10.1. The van der Waals surface area contributed by atoms with E-state index in [2.05, 4.69) is 22.2 Å². The molecule has 0 spiro atoms. The summed E-state index contributed by atoms with van der Waals surface area (Å²) in [6, 6.07) is 9.90. The topological polar surface area (TPSA) is 46.2 Å². The van der Waals surface area contributed by atoms with Gasteiger partial charge in [0.05, 0.1) is 4.90 Å². The third-order valence-electron chi connectivity index (χ3n) is 5.84. The second-order valence-electron chi connectivity index (χ2n) is 7.43. The summed E-state index contributed by atoms with van der Waals surface area (Å²) in [5.74, 6) is 0. The lowest BCUT2D eigenvalue weighted by Crippen LogP contribution is -2.38. The van der Waals surface area contributed by atoms with Gasteiger partial charge in [-0.25, -0.2) is 13.1 Å². The molecule has 0 saturated heterocycles. The van der Waals surface area contributed by atoms with Crippen LogP contribution in [0.15, 0.2) is 40.6 Å². The summed E-state index contributed by atoms with van der Waals surface area (Å²) in [6.07, 6.45) is 8.94. The van der Waals surface area contributed by atoms with Crippen LogP contribution in [0.2, 0.25) is 0 Å². The first-order chi connectivity index (χ1) is 12.1. The monoisotopic (exact) mass is 375 g/mol. The maximum absolute atomic E-state index is 12.9. The third kappa shape index (κ3) is 3.42. The Balaban J connectivity index is 1.55. The van der Waals surface area contributed by atoms with Crippen LogP contribution < -0.4 is 4.72 Å². The zero-order valence-electron chi connectivity index (χ0n) is 14.5. The zero-order chi connectivity index (χ0) is 17.3. The normalized spacial score (nSPS) is 19.7. The molecule has 1 N–H and O–H groups in total. The highest BCUT2D eigenvalue weighted by Crippen LogP contribution is 2.42. The van der Waals surface area contributed by atoms with Gasteiger partial charge in [-0.3, -0.25) is 0 Å². The third-order valence-corrected chi connectivity index (χ3v) is 8.35. The molecule has 1 aromatic carbocycles. The molecule has 2 aliphatic rings. The maximum atomic E-state index is 12.9. The lowest BCUT2D eigenvalue weighted by atomic mass is 9.85. The van der Waals surface area contributed by atoms with Gasteiger partial charge in [0.15, 0.2) is 0 Å². The SMILES string of the molecule is O=S(=O)(NCC1(c2cccs2)CCCC1)c1ccc2c(c1)CCCC2. The van der Waals surface area contributed by atoms with Crippen LogP contribution in [0.4, 0.5) is 0 Å². The summed E-state index contributed by atoms with van der Waals surface area (Å²) in [5.41, 5.74) is 2.51. The molecule has 0 unspecified atom stereocenters. The molecule has 0 atom stereocenters. The molecule has 0 aliphatic heterocycles. The van der Waals surface area contributed by atoms with Crippen LogP contribution in [-0.4, -0.2) is 15.0 Å². The predicted octanol–water partition coefficient (Wildman–Crippen LogP) is 4.42. The number of hydrogen-bond acceptors (Lipinski definition) is 3. The fourth-order valence-corrected chi connectivity index (χ4v) is 6.50. The van der Waals surface area contributed by atoms with Crippen molar-refractivity contribution in [3.05, 3.63) is 51.7 Å². The Bertz CT molecular complexity index is 835. The molecule has 5 heteroatoms. The Kier molecular flexibility index (Phi) is 4.73. The van der Waals surface area contributed by atoms with Crippen LogP contribution in [0, 0.1) is 0 Å². The van der Waals surface area contributed by atoms with E-state index in [1.807, 2.05) is 12.1 Å². The number of aryl methyl sites for hydroxylation is 2. The Morgan fingerprint density at radius 2 is 1.76 bits per heavy atom. The molecule has 4 rings (SSSR count). The minimum atomic E-state index is -3.46. The Hall–Kier alpha value is -1.17. The van der Waals surface area contributed by atoms with Gasteiger partial charge in [0.1, 0.15) is 0 Å². The zero-order valence-corrected chi connectivity index (χ0v) is 16.1. The van der Waals surface area contributed by atoms with E-state index in [-0.39, 0.29) is 5.41 Å². The number of hydrogen-bond donors (Lipinski definition) is 1. The molecule has 1 aromatic heterocycles. The van der Waals surface area contributed by atoms with E-state index in [1.165, 1.54) is 35.3 Å². The van der Waals surface area contributed by atoms with E-state index in [1.54, 1.807) is 17.4 Å². The first-order valence-electron chi connectivity index (χ1n) is 9.25. The molecule has 0 bridgehead atoms. The predicted molar refractivity (Wildman–Crippen MR) is 103 cm³/mol. The van der Waals surface area contributed by atoms with Crippen molar-refractivity contribution >= 4 is 21.4 Å². The molecule has 1 heterocycles. The van der Waals surface area contributed by atoms with Crippen LogP contribution in [0.1, 0.15) is 54.5 Å². The fourth-order valence-electron chi connectivity index (χ4n) is 4.34. The number of thiophene rings is 1. The molecule has 3 nitrogen and oxygen atoms in total. The van der Waals surface area contributed by atoms with Crippen molar-refractivity contribution in [2.45, 2.75) is 61.7 Å². The molecule has 25 heavy (non-hydrogen) atoms. The van der Waals surface area contributed by atoms with E-state index in [0.717, 1.165) is 32.1 Å². The van der Waals surface area contributed by atoms with Gasteiger partial charge < -0.3 is 0 Å². The maximum Gasteiger partial charge on any atom is 0.240 e. The van der Waals surface area contributed by atoms with Crippen LogP contribution in [0.25, 0.3) is 0 Å². The molecule has 1 saturated carbocycles. The largest absolute Gasteiger partial charge is 0.240 e. The highest BCUT2D eigenvalue weighted by molar-refractivity contribution is 7.89. The quantitative estimate of drug-likeness (QED) is 0.841.